The van der Waals surface area contributed by atoms with Crippen molar-refractivity contribution >= 4 is 11.9 Å². The third-order valence-corrected chi connectivity index (χ3v) is 7.09. The van der Waals surface area contributed by atoms with Gasteiger partial charge in [-0.3, -0.25) is 4.99 Å². The first-order chi connectivity index (χ1) is 18.6. The maximum absolute atomic E-state index is 8.19. The Balaban J connectivity index is 0.00000144. The molecule has 0 aromatic heterocycles. The number of fused-ring (bicyclic) bond motifs is 3. The first-order valence-electron chi connectivity index (χ1n) is 12.5. The van der Waals surface area contributed by atoms with Gasteiger partial charge in [0.2, 0.25) is 0 Å². The summed E-state index contributed by atoms with van der Waals surface area (Å²) in [4.78, 5) is 4.79. The summed E-state index contributed by atoms with van der Waals surface area (Å²) in [6.07, 6.45) is 1.93. The standard InChI is InChI=1S/C34H27NO.O.V/c1-24-21-25(23-35-26-13-5-3-6-14-26)33(36-27-15-7-4-8-16-27)32(22-24)34(2)30-19-11-9-17-28(30)29-18-10-12-20-31(29)34;;/h3-23H,1-2H3;;. The molecule has 5 aromatic carbocycles. The van der Waals surface area contributed by atoms with Gasteiger partial charge in [0.1, 0.15) is 11.5 Å². The third-order valence-electron chi connectivity index (χ3n) is 7.09. The molecule has 0 saturated carbocycles. The molecule has 4 heteroatoms. The minimum absolute atomic E-state index is 0.376. The molecule has 1 aliphatic carbocycles. The molecule has 185 valence electrons. The van der Waals surface area contributed by atoms with Gasteiger partial charge >= 0.3 is 21.0 Å². The predicted octanol–water partition coefficient (Wildman–Crippen LogP) is 8.75. The van der Waals surface area contributed by atoms with Crippen molar-refractivity contribution in [1.82, 2.24) is 0 Å². The third kappa shape index (κ3) is 4.67. The van der Waals surface area contributed by atoms with Gasteiger partial charge in [0.25, 0.3) is 0 Å². The molecule has 0 heterocycles. The zero-order valence-electron chi connectivity index (χ0n) is 21.3. The van der Waals surface area contributed by atoms with E-state index in [4.69, 9.17) is 13.4 Å². The van der Waals surface area contributed by atoms with Gasteiger partial charge in [-0.2, -0.15) is 0 Å². The molecule has 5 aromatic rings. The average Bonchev–Trinajstić information content (AvgIpc) is 3.24. The van der Waals surface area contributed by atoms with Crippen LogP contribution < -0.4 is 4.74 Å². The molecule has 0 radical (unpaired) electrons. The monoisotopic (exact) mass is 532 g/mol. The fourth-order valence-corrected chi connectivity index (χ4v) is 5.39. The molecule has 0 atom stereocenters. The summed E-state index contributed by atoms with van der Waals surface area (Å²) in [6.45, 7) is 4.47. The van der Waals surface area contributed by atoms with E-state index in [-0.39, 0.29) is 5.41 Å². The number of aliphatic imine (C=N–C) groups is 1. The number of para-hydroxylation sites is 2. The topological polar surface area (TPSA) is 38.7 Å². The Morgan fingerprint density at radius 3 is 1.82 bits per heavy atom. The second-order valence-corrected chi connectivity index (χ2v) is 9.46. The molecule has 1 aliphatic rings. The van der Waals surface area contributed by atoms with Crippen molar-refractivity contribution in [2.24, 2.45) is 4.99 Å². The van der Waals surface area contributed by atoms with Crippen LogP contribution in [0.1, 0.15) is 34.7 Å². The van der Waals surface area contributed by atoms with E-state index in [0.29, 0.717) is 0 Å². The van der Waals surface area contributed by atoms with Crippen molar-refractivity contribution in [1.29, 1.82) is 0 Å². The summed E-state index contributed by atoms with van der Waals surface area (Å²) < 4.78 is 14.9. The van der Waals surface area contributed by atoms with Crippen LogP contribution in [0.3, 0.4) is 0 Å². The summed E-state index contributed by atoms with van der Waals surface area (Å²) in [7, 11) is 0. The van der Waals surface area contributed by atoms with Gasteiger partial charge < -0.3 is 4.74 Å². The van der Waals surface area contributed by atoms with Crippen molar-refractivity contribution in [3.05, 3.63) is 149 Å². The van der Waals surface area contributed by atoms with Crippen LogP contribution in [0.2, 0.25) is 0 Å². The number of ether oxygens (including phenoxy) is 1. The van der Waals surface area contributed by atoms with E-state index >= 15 is 0 Å². The van der Waals surface area contributed by atoms with E-state index in [1.54, 1.807) is 0 Å². The van der Waals surface area contributed by atoms with Crippen LogP contribution in [0.25, 0.3) is 11.1 Å². The molecule has 0 N–H and O–H groups in total. The van der Waals surface area contributed by atoms with Crippen molar-refractivity contribution in [3.8, 4) is 22.6 Å². The minimum atomic E-state index is -0.376. The second-order valence-electron chi connectivity index (χ2n) is 9.46. The zero-order chi connectivity index (χ0) is 26.5. The molecule has 38 heavy (non-hydrogen) atoms. The van der Waals surface area contributed by atoms with Crippen molar-refractivity contribution in [3.63, 3.8) is 0 Å². The summed E-state index contributed by atoms with van der Waals surface area (Å²) in [5.74, 6) is 1.64. The fourth-order valence-electron chi connectivity index (χ4n) is 5.39. The van der Waals surface area contributed by atoms with Crippen LogP contribution >= 0.6 is 0 Å². The van der Waals surface area contributed by atoms with Gasteiger partial charge in [0.15, 0.2) is 0 Å². The Bertz CT molecular complexity index is 1550. The summed E-state index contributed by atoms with van der Waals surface area (Å²) in [5, 5.41) is 0. The van der Waals surface area contributed by atoms with Gasteiger partial charge in [0, 0.05) is 22.8 Å². The predicted molar refractivity (Wildman–Crippen MR) is 150 cm³/mol. The molecule has 0 fully saturated rings. The van der Waals surface area contributed by atoms with Crippen LogP contribution in [-0.4, -0.2) is 6.21 Å². The first-order valence-corrected chi connectivity index (χ1v) is 13.1. The van der Waals surface area contributed by atoms with E-state index in [2.05, 4.69) is 74.5 Å². The molecule has 0 unspecified atom stereocenters. The molecule has 0 amide bonds. The Hall–Kier alpha value is -4.05. The summed E-state index contributed by atoms with van der Waals surface area (Å²) in [6, 6.07) is 41.9. The van der Waals surface area contributed by atoms with Crippen molar-refractivity contribution in [2.75, 3.05) is 0 Å². The van der Waals surface area contributed by atoms with E-state index in [0.717, 1.165) is 45.7 Å². The Morgan fingerprint density at radius 2 is 1.21 bits per heavy atom. The number of nitrogens with zero attached hydrogens (tertiary/aromatic N) is 1. The van der Waals surface area contributed by atoms with Crippen LogP contribution in [-0.2, 0) is 26.5 Å². The number of aryl methyl sites for hydroxylation is 1. The molecular formula is C34H27NO2V. The van der Waals surface area contributed by atoms with E-state index in [1.807, 2.05) is 66.9 Å². The molecule has 6 rings (SSSR count). The first kappa shape index (κ1) is 25.6. The molecule has 0 bridgehead atoms. The number of hydrogen-bond donors (Lipinski definition) is 0. The molecular weight excluding hydrogens is 505 g/mol. The maximum atomic E-state index is 8.19. The summed E-state index contributed by atoms with van der Waals surface area (Å²) in [5.41, 5.74) is 8.94. The average molecular weight is 533 g/mol. The van der Waals surface area contributed by atoms with Gasteiger partial charge in [-0.05, 0) is 72.0 Å². The normalized spacial score (nSPS) is 12.8. The summed E-state index contributed by atoms with van der Waals surface area (Å²) >= 11 is 1.06. The number of hydrogen-bond acceptors (Lipinski definition) is 3. The van der Waals surface area contributed by atoms with E-state index in [1.165, 1.54) is 27.8 Å². The van der Waals surface area contributed by atoms with Gasteiger partial charge in [0.05, 0.1) is 5.69 Å². The van der Waals surface area contributed by atoms with Gasteiger partial charge in [-0.15, -0.1) is 0 Å². The number of rotatable bonds is 5. The molecule has 0 spiro atoms. The molecule has 0 saturated heterocycles. The molecule has 0 aliphatic heterocycles. The Kier molecular flexibility index (Phi) is 7.51. The van der Waals surface area contributed by atoms with Crippen LogP contribution in [0.4, 0.5) is 5.69 Å². The molecule has 3 nitrogen and oxygen atoms in total. The van der Waals surface area contributed by atoms with Crippen LogP contribution in [0, 0.1) is 6.92 Å². The second kappa shape index (κ2) is 11.1. The van der Waals surface area contributed by atoms with Gasteiger partial charge in [-0.1, -0.05) is 91.0 Å². The number of benzene rings is 5. The Morgan fingerprint density at radius 1 is 0.684 bits per heavy atom. The zero-order valence-corrected chi connectivity index (χ0v) is 22.7. The van der Waals surface area contributed by atoms with Crippen molar-refractivity contribution in [2.45, 2.75) is 19.3 Å². The quantitative estimate of drug-likeness (QED) is 0.212. The van der Waals surface area contributed by atoms with Crippen molar-refractivity contribution < 1.29 is 25.8 Å². The Labute approximate surface area is 233 Å². The van der Waals surface area contributed by atoms with E-state index < -0.39 is 0 Å². The van der Waals surface area contributed by atoms with Crippen LogP contribution in [0.15, 0.2) is 126 Å². The fraction of sp³-hybridized carbons (Fsp3) is 0.0882. The van der Waals surface area contributed by atoms with E-state index in [9.17, 15) is 0 Å². The van der Waals surface area contributed by atoms with Gasteiger partial charge in [-0.25, -0.2) is 0 Å². The SMILES string of the molecule is Cc1cc(C=Nc2ccccc2)c(Oc2ccccc2)c(C2(C)c3ccccc3-c3ccccc32)c1.[O]=[V]. The van der Waals surface area contributed by atoms with Crippen LogP contribution in [0.5, 0.6) is 11.5 Å².